The molecule has 2 N–H and O–H groups in total. The Morgan fingerprint density at radius 1 is 1.38 bits per heavy atom. The SMILES string of the molecule is C=CCN(C)C(=O)C1CCCCCCC1N. The zero-order valence-electron chi connectivity index (χ0n) is 10.3. The number of nitrogens with zero attached hydrogens (tertiary/aromatic N) is 1. The summed E-state index contributed by atoms with van der Waals surface area (Å²) in [6.07, 6.45) is 8.48. The van der Waals surface area contributed by atoms with Gasteiger partial charge in [0.25, 0.3) is 0 Å². The predicted molar refractivity (Wildman–Crippen MR) is 67.0 cm³/mol. The molecule has 16 heavy (non-hydrogen) atoms. The highest BCUT2D eigenvalue weighted by Crippen LogP contribution is 2.23. The minimum absolute atomic E-state index is 0.0187. The first-order valence-corrected chi connectivity index (χ1v) is 6.28. The Labute approximate surface area is 98.7 Å². The molecule has 1 aliphatic carbocycles. The second kappa shape index (κ2) is 6.69. The lowest BCUT2D eigenvalue weighted by Gasteiger charge is -2.28. The summed E-state index contributed by atoms with van der Waals surface area (Å²) in [5.74, 6) is 0.208. The average molecular weight is 224 g/mol. The van der Waals surface area contributed by atoms with E-state index in [1.807, 2.05) is 7.05 Å². The number of likely N-dealkylation sites (N-methyl/N-ethyl adjacent to an activating group) is 1. The number of rotatable bonds is 3. The highest BCUT2D eigenvalue weighted by Gasteiger charge is 2.27. The molecule has 92 valence electrons. The van der Waals surface area contributed by atoms with Crippen molar-refractivity contribution in [2.45, 2.75) is 44.6 Å². The normalized spacial score (nSPS) is 26.6. The maximum absolute atomic E-state index is 12.2. The molecule has 0 spiro atoms. The van der Waals surface area contributed by atoms with Crippen LogP contribution in [0.4, 0.5) is 0 Å². The van der Waals surface area contributed by atoms with Crippen LogP contribution in [0.2, 0.25) is 0 Å². The standard InChI is InChI=1S/C13H24N2O/c1-3-10-15(2)13(16)11-8-6-4-5-7-9-12(11)14/h3,11-12H,1,4-10,14H2,2H3. The summed E-state index contributed by atoms with van der Waals surface area (Å²) in [7, 11) is 1.83. The lowest BCUT2D eigenvalue weighted by Crippen LogP contribution is -2.43. The summed E-state index contributed by atoms with van der Waals surface area (Å²) in [6.45, 7) is 4.27. The second-order valence-corrected chi connectivity index (χ2v) is 4.77. The van der Waals surface area contributed by atoms with Gasteiger partial charge in [-0.25, -0.2) is 0 Å². The lowest BCUT2D eigenvalue weighted by atomic mass is 9.86. The molecule has 2 atom stereocenters. The van der Waals surface area contributed by atoms with E-state index in [0.29, 0.717) is 6.54 Å². The molecule has 1 fully saturated rings. The highest BCUT2D eigenvalue weighted by molar-refractivity contribution is 5.79. The van der Waals surface area contributed by atoms with Gasteiger partial charge in [0, 0.05) is 19.6 Å². The quantitative estimate of drug-likeness (QED) is 0.745. The van der Waals surface area contributed by atoms with Crippen molar-refractivity contribution in [1.29, 1.82) is 0 Å². The van der Waals surface area contributed by atoms with Crippen molar-refractivity contribution in [3.63, 3.8) is 0 Å². The molecule has 0 bridgehead atoms. The first-order valence-electron chi connectivity index (χ1n) is 6.28. The van der Waals surface area contributed by atoms with Gasteiger partial charge in [0.05, 0.1) is 5.92 Å². The number of hydrogen-bond acceptors (Lipinski definition) is 2. The van der Waals surface area contributed by atoms with Gasteiger partial charge in [-0.1, -0.05) is 31.8 Å². The van der Waals surface area contributed by atoms with Gasteiger partial charge in [0.15, 0.2) is 0 Å². The molecule has 0 aliphatic heterocycles. The van der Waals surface area contributed by atoms with Crippen LogP contribution in [-0.4, -0.2) is 30.4 Å². The minimum Gasteiger partial charge on any atom is -0.342 e. The zero-order valence-corrected chi connectivity index (χ0v) is 10.3. The van der Waals surface area contributed by atoms with E-state index in [-0.39, 0.29) is 17.9 Å². The third-order valence-electron chi connectivity index (χ3n) is 3.42. The summed E-state index contributed by atoms with van der Waals surface area (Å²) in [5.41, 5.74) is 6.11. The largest absolute Gasteiger partial charge is 0.342 e. The summed E-state index contributed by atoms with van der Waals surface area (Å²) in [6, 6.07) is 0.0417. The van der Waals surface area contributed by atoms with Crippen LogP contribution in [0.15, 0.2) is 12.7 Å². The van der Waals surface area contributed by atoms with Gasteiger partial charge in [0.2, 0.25) is 5.91 Å². The van der Waals surface area contributed by atoms with E-state index in [1.54, 1.807) is 11.0 Å². The smallest absolute Gasteiger partial charge is 0.227 e. The summed E-state index contributed by atoms with van der Waals surface area (Å²) in [4.78, 5) is 13.9. The maximum Gasteiger partial charge on any atom is 0.227 e. The molecule has 0 radical (unpaired) electrons. The summed E-state index contributed by atoms with van der Waals surface area (Å²) in [5, 5.41) is 0. The number of amides is 1. The van der Waals surface area contributed by atoms with Gasteiger partial charge >= 0.3 is 0 Å². The van der Waals surface area contributed by atoms with Crippen molar-refractivity contribution in [1.82, 2.24) is 4.90 Å². The molecular weight excluding hydrogens is 200 g/mol. The molecule has 1 aliphatic rings. The van der Waals surface area contributed by atoms with Crippen molar-refractivity contribution in [2.75, 3.05) is 13.6 Å². The van der Waals surface area contributed by atoms with Crippen LogP contribution in [0.1, 0.15) is 38.5 Å². The van der Waals surface area contributed by atoms with Crippen LogP contribution in [0, 0.1) is 5.92 Å². The second-order valence-electron chi connectivity index (χ2n) is 4.77. The Morgan fingerprint density at radius 2 is 2.00 bits per heavy atom. The van der Waals surface area contributed by atoms with E-state index in [4.69, 9.17) is 5.73 Å². The van der Waals surface area contributed by atoms with Gasteiger partial charge in [-0.3, -0.25) is 4.79 Å². The number of hydrogen-bond donors (Lipinski definition) is 1. The molecule has 1 saturated carbocycles. The van der Waals surface area contributed by atoms with Crippen LogP contribution in [0.25, 0.3) is 0 Å². The minimum atomic E-state index is 0.0187. The molecule has 3 nitrogen and oxygen atoms in total. The fraction of sp³-hybridized carbons (Fsp3) is 0.769. The molecule has 0 heterocycles. The van der Waals surface area contributed by atoms with E-state index in [1.165, 1.54) is 12.8 Å². The van der Waals surface area contributed by atoms with Crippen molar-refractivity contribution < 1.29 is 4.79 Å². The van der Waals surface area contributed by atoms with E-state index < -0.39 is 0 Å². The van der Waals surface area contributed by atoms with Crippen molar-refractivity contribution >= 4 is 5.91 Å². The van der Waals surface area contributed by atoms with Crippen LogP contribution in [-0.2, 0) is 4.79 Å². The van der Waals surface area contributed by atoms with Crippen molar-refractivity contribution in [3.05, 3.63) is 12.7 Å². The lowest BCUT2D eigenvalue weighted by molar-refractivity contribution is -0.134. The van der Waals surface area contributed by atoms with Crippen LogP contribution >= 0.6 is 0 Å². The Kier molecular flexibility index (Phi) is 5.53. The van der Waals surface area contributed by atoms with E-state index in [0.717, 1.165) is 25.7 Å². The van der Waals surface area contributed by atoms with Gasteiger partial charge in [-0.2, -0.15) is 0 Å². The Bertz CT molecular complexity index is 240. The fourth-order valence-electron chi connectivity index (χ4n) is 2.39. The first-order chi connectivity index (χ1) is 7.66. The number of carbonyl (C=O) groups excluding carboxylic acids is 1. The molecule has 2 unspecified atom stereocenters. The highest BCUT2D eigenvalue weighted by atomic mass is 16.2. The van der Waals surface area contributed by atoms with Crippen molar-refractivity contribution in [2.24, 2.45) is 11.7 Å². The Hall–Kier alpha value is -0.830. The summed E-state index contributed by atoms with van der Waals surface area (Å²) >= 11 is 0. The third kappa shape index (κ3) is 3.63. The van der Waals surface area contributed by atoms with Gasteiger partial charge in [-0.05, 0) is 12.8 Å². The van der Waals surface area contributed by atoms with Crippen LogP contribution in [0.3, 0.4) is 0 Å². The van der Waals surface area contributed by atoms with Gasteiger partial charge in [-0.15, -0.1) is 6.58 Å². The molecule has 0 saturated heterocycles. The van der Waals surface area contributed by atoms with Crippen LogP contribution in [0.5, 0.6) is 0 Å². The molecule has 0 aromatic heterocycles. The predicted octanol–water partition coefficient (Wildman–Crippen LogP) is 1.93. The van der Waals surface area contributed by atoms with E-state index >= 15 is 0 Å². The maximum atomic E-state index is 12.2. The van der Waals surface area contributed by atoms with Crippen molar-refractivity contribution in [3.8, 4) is 0 Å². The van der Waals surface area contributed by atoms with E-state index in [9.17, 15) is 4.79 Å². The number of nitrogens with two attached hydrogens (primary N) is 1. The molecule has 1 rings (SSSR count). The molecule has 0 aromatic carbocycles. The van der Waals surface area contributed by atoms with Gasteiger partial charge in [0.1, 0.15) is 0 Å². The third-order valence-corrected chi connectivity index (χ3v) is 3.42. The molecular formula is C13H24N2O. The van der Waals surface area contributed by atoms with Gasteiger partial charge < -0.3 is 10.6 Å². The van der Waals surface area contributed by atoms with Crippen LogP contribution < -0.4 is 5.73 Å². The average Bonchev–Trinajstić information content (AvgIpc) is 2.24. The van der Waals surface area contributed by atoms with E-state index in [2.05, 4.69) is 6.58 Å². The molecule has 0 aromatic rings. The molecule has 3 heteroatoms. The first kappa shape index (κ1) is 13.2. The number of carbonyl (C=O) groups is 1. The molecule has 1 amide bonds. The summed E-state index contributed by atoms with van der Waals surface area (Å²) < 4.78 is 0. The fourth-order valence-corrected chi connectivity index (χ4v) is 2.39. The zero-order chi connectivity index (χ0) is 12.0. The monoisotopic (exact) mass is 224 g/mol. The Balaban J connectivity index is 2.58. The topological polar surface area (TPSA) is 46.3 Å². The Morgan fingerprint density at radius 3 is 2.62 bits per heavy atom.